The van der Waals surface area contributed by atoms with Crippen LogP contribution in [-0.4, -0.2) is 11.9 Å². The summed E-state index contributed by atoms with van der Waals surface area (Å²) in [6, 6.07) is 15.4. The van der Waals surface area contributed by atoms with Crippen LogP contribution in [0.5, 0.6) is 0 Å². The number of benzene rings is 2. The fraction of sp³-hybridized carbons (Fsp3) is 0.250. The summed E-state index contributed by atoms with van der Waals surface area (Å²) in [5, 5.41) is 0. The highest BCUT2D eigenvalue weighted by atomic mass is 19.1. The first kappa shape index (κ1) is 13.7. The van der Waals surface area contributed by atoms with Gasteiger partial charge in [-0.05, 0) is 24.2 Å². The Morgan fingerprint density at radius 1 is 1.00 bits per heavy atom. The predicted octanol–water partition coefficient (Wildman–Crippen LogP) is 2.92. The van der Waals surface area contributed by atoms with Crippen molar-refractivity contribution in [3.05, 3.63) is 71.0 Å². The lowest BCUT2D eigenvalue weighted by atomic mass is 10.1. The highest BCUT2D eigenvalue weighted by Gasteiger charge is 2.05. The van der Waals surface area contributed by atoms with E-state index >= 15 is 0 Å². The van der Waals surface area contributed by atoms with Crippen molar-refractivity contribution in [2.24, 2.45) is 5.73 Å². The maximum absolute atomic E-state index is 13.4. The molecular formula is C16H19FN2. The van der Waals surface area contributed by atoms with Crippen molar-refractivity contribution in [1.82, 2.24) is 4.90 Å². The van der Waals surface area contributed by atoms with E-state index in [1.807, 2.05) is 30.3 Å². The van der Waals surface area contributed by atoms with Crippen molar-refractivity contribution in [3.63, 3.8) is 0 Å². The van der Waals surface area contributed by atoms with Crippen LogP contribution in [0.15, 0.2) is 48.5 Å². The second-order valence-corrected chi connectivity index (χ2v) is 4.79. The molecule has 0 unspecified atom stereocenters. The van der Waals surface area contributed by atoms with E-state index in [1.54, 1.807) is 0 Å². The molecule has 19 heavy (non-hydrogen) atoms. The Labute approximate surface area is 113 Å². The van der Waals surface area contributed by atoms with E-state index in [0.717, 1.165) is 18.7 Å². The van der Waals surface area contributed by atoms with E-state index in [4.69, 9.17) is 5.73 Å². The maximum atomic E-state index is 13.4. The molecule has 0 aliphatic rings. The van der Waals surface area contributed by atoms with Gasteiger partial charge in [-0.15, -0.1) is 0 Å². The van der Waals surface area contributed by atoms with Crippen LogP contribution in [0.1, 0.15) is 16.7 Å². The minimum absolute atomic E-state index is 0.225. The van der Waals surface area contributed by atoms with E-state index in [1.165, 1.54) is 11.6 Å². The molecule has 0 aliphatic heterocycles. The molecule has 0 atom stereocenters. The van der Waals surface area contributed by atoms with E-state index in [9.17, 15) is 4.39 Å². The van der Waals surface area contributed by atoms with E-state index in [0.29, 0.717) is 5.56 Å². The Morgan fingerprint density at radius 2 is 1.68 bits per heavy atom. The van der Waals surface area contributed by atoms with Crippen molar-refractivity contribution in [2.75, 3.05) is 7.05 Å². The summed E-state index contributed by atoms with van der Waals surface area (Å²) in [6.45, 7) is 1.89. The van der Waals surface area contributed by atoms with Crippen molar-refractivity contribution in [1.29, 1.82) is 0 Å². The van der Waals surface area contributed by atoms with Gasteiger partial charge in [0.25, 0.3) is 0 Å². The Hall–Kier alpha value is -1.71. The van der Waals surface area contributed by atoms with E-state index in [2.05, 4.69) is 24.1 Å². The standard InChI is InChI=1S/C16H19FN2/c1-19(11-13-5-3-2-4-6-13)12-14-7-8-16(17)15(9-14)10-18/h2-9H,10-12,18H2,1H3. The van der Waals surface area contributed by atoms with Gasteiger partial charge in [-0.3, -0.25) is 4.90 Å². The Bertz CT molecular complexity index is 526. The zero-order valence-electron chi connectivity index (χ0n) is 11.1. The number of nitrogens with two attached hydrogens (primary N) is 1. The number of hydrogen-bond donors (Lipinski definition) is 1. The van der Waals surface area contributed by atoms with Gasteiger partial charge < -0.3 is 5.73 Å². The number of nitrogens with zero attached hydrogens (tertiary/aromatic N) is 1. The van der Waals surface area contributed by atoms with Crippen molar-refractivity contribution >= 4 is 0 Å². The van der Waals surface area contributed by atoms with Crippen LogP contribution in [0.2, 0.25) is 0 Å². The molecule has 2 nitrogen and oxygen atoms in total. The third-order valence-electron chi connectivity index (χ3n) is 3.08. The average molecular weight is 258 g/mol. The van der Waals surface area contributed by atoms with Crippen molar-refractivity contribution < 1.29 is 4.39 Å². The van der Waals surface area contributed by atoms with Crippen LogP contribution in [0.4, 0.5) is 4.39 Å². The second-order valence-electron chi connectivity index (χ2n) is 4.79. The first-order valence-corrected chi connectivity index (χ1v) is 6.39. The van der Waals surface area contributed by atoms with Crippen LogP contribution in [0.25, 0.3) is 0 Å². The molecule has 2 aromatic rings. The summed E-state index contributed by atoms with van der Waals surface area (Å²) in [6.07, 6.45) is 0. The van der Waals surface area contributed by atoms with Crippen LogP contribution in [0, 0.1) is 5.82 Å². The largest absolute Gasteiger partial charge is 0.326 e. The molecule has 0 saturated carbocycles. The van der Waals surface area contributed by atoms with Gasteiger partial charge in [0.1, 0.15) is 5.82 Å². The first-order valence-electron chi connectivity index (χ1n) is 6.39. The molecule has 0 aliphatic carbocycles. The topological polar surface area (TPSA) is 29.3 Å². The summed E-state index contributed by atoms with van der Waals surface area (Å²) in [7, 11) is 2.05. The number of halogens is 1. The van der Waals surface area contributed by atoms with Gasteiger partial charge in [0.15, 0.2) is 0 Å². The predicted molar refractivity (Wildman–Crippen MR) is 75.9 cm³/mol. The van der Waals surface area contributed by atoms with Crippen LogP contribution < -0.4 is 5.73 Å². The third-order valence-corrected chi connectivity index (χ3v) is 3.08. The molecule has 0 saturated heterocycles. The molecule has 3 heteroatoms. The molecule has 2 aromatic carbocycles. The van der Waals surface area contributed by atoms with Crippen LogP contribution in [-0.2, 0) is 19.6 Å². The zero-order valence-corrected chi connectivity index (χ0v) is 11.1. The van der Waals surface area contributed by atoms with E-state index in [-0.39, 0.29) is 12.4 Å². The van der Waals surface area contributed by atoms with Crippen LogP contribution >= 0.6 is 0 Å². The van der Waals surface area contributed by atoms with E-state index < -0.39 is 0 Å². The third kappa shape index (κ3) is 3.88. The lowest BCUT2D eigenvalue weighted by molar-refractivity contribution is 0.319. The fourth-order valence-corrected chi connectivity index (χ4v) is 2.15. The average Bonchev–Trinajstić information content (AvgIpc) is 2.42. The lowest BCUT2D eigenvalue weighted by Crippen LogP contribution is -2.17. The highest BCUT2D eigenvalue weighted by molar-refractivity contribution is 5.25. The van der Waals surface area contributed by atoms with Gasteiger partial charge >= 0.3 is 0 Å². The van der Waals surface area contributed by atoms with Gasteiger partial charge in [0, 0.05) is 25.2 Å². The SMILES string of the molecule is CN(Cc1ccccc1)Cc1ccc(F)c(CN)c1. The van der Waals surface area contributed by atoms with Gasteiger partial charge in [-0.1, -0.05) is 42.5 Å². The van der Waals surface area contributed by atoms with Gasteiger partial charge in [0.2, 0.25) is 0 Å². The Kier molecular flexibility index (Phi) is 4.66. The molecule has 0 bridgehead atoms. The lowest BCUT2D eigenvalue weighted by Gasteiger charge is -2.17. The second kappa shape index (κ2) is 6.45. The maximum Gasteiger partial charge on any atom is 0.127 e. The summed E-state index contributed by atoms with van der Waals surface area (Å²) in [5.74, 6) is -0.225. The molecular weight excluding hydrogens is 239 g/mol. The normalized spacial score (nSPS) is 10.9. The fourth-order valence-electron chi connectivity index (χ4n) is 2.15. The first-order chi connectivity index (χ1) is 9.19. The van der Waals surface area contributed by atoms with Gasteiger partial charge in [-0.25, -0.2) is 4.39 Å². The Balaban J connectivity index is 2.01. The van der Waals surface area contributed by atoms with Crippen LogP contribution in [0.3, 0.4) is 0 Å². The quantitative estimate of drug-likeness (QED) is 0.893. The molecule has 2 rings (SSSR count). The molecule has 0 aromatic heterocycles. The van der Waals surface area contributed by atoms with Crippen molar-refractivity contribution in [3.8, 4) is 0 Å². The highest BCUT2D eigenvalue weighted by Crippen LogP contribution is 2.13. The molecule has 0 radical (unpaired) electrons. The summed E-state index contributed by atoms with van der Waals surface area (Å²) in [4.78, 5) is 2.20. The molecule has 0 amide bonds. The number of rotatable bonds is 5. The molecule has 0 fully saturated rings. The monoisotopic (exact) mass is 258 g/mol. The minimum Gasteiger partial charge on any atom is -0.326 e. The molecule has 2 N–H and O–H groups in total. The smallest absolute Gasteiger partial charge is 0.127 e. The molecule has 0 heterocycles. The summed E-state index contributed by atoms with van der Waals surface area (Å²) < 4.78 is 13.4. The minimum atomic E-state index is -0.225. The molecule has 100 valence electrons. The van der Waals surface area contributed by atoms with Gasteiger partial charge in [0.05, 0.1) is 0 Å². The number of hydrogen-bond acceptors (Lipinski definition) is 2. The Morgan fingerprint density at radius 3 is 2.37 bits per heavy atom. The summed E-state index contributed by atoms with van der Waals surface area (Å²) >= 11 is 0. The van der Waals surface area contributed by atoms with Crippen molar-refractivity contribution in [2.45, 2.75) is 19.6 Å². The van der Waals surface area contributed by atoms with Gasteiger partial charge in [-0.2, -0.15) is 0 Å². The molecule has 0 spiro atoms. The summed E-state index contributed by atoms with van der Waals surface area (Å²) in [5.41, 5.74) is 8.45. The zero-order chi connectivity index (χ0) is 13.7.